The summed E-state index contributed by atoms with van der Waals surface area (Å²) in [6.07, 6.45) is 5.83. The van der Waals surface area contributed by atoms with Crippen molar-refractivity contribution in [2.75, 3.05) is 18.0 Å². The molecule has 0 bridgehead atoms. The van der Waals surface area contributed by atoms with Crippen LogP contribution in [0.15, 0.2) is 22.7 Å². The summed E-state index contributed by atoms with van der Waals surface area (Å²) < 4.78 is 5.69. The Morgan fingerprint density at radius 3 is 3.00 bits per heavy atom. The summed E-state index contributed by atoms with van der Waals surface area (Å²) in [7, 11) is 0. The van der Waals surface area contributed by atoms with E-state index in [-0.39, 0.29) is 11.9 Å². The van der Waals surface area contributed by atoms with Crippen molar-refractivity contribution < 1.29 is 9.21 Å². The first-order valence-corrected chi connectivity index (χ1v) is 8.51. The van der Waals surface area contributed by atoms with Crippen LogP contribution in [-0.2, 0) is 0 Å². The van der Waals surface area contributed by atoms with Crippen molar-refractivity contribution in [2.45, 2.75) is 44.6 Å². The molecule has 2 fully saturated rings. The molecule has 1 aliphatic heterocycles. The standard InChI is InChI=1S/C17H21N5O2/c1-11-15(24-17(19-11)12-6-7-12)16(23)20-13-4-3-9-22(10-13)14-5-2-8-18-21-14/h2,5,8,12-13H,3-4,6-7,9-10H2,1H3,(H,20,23). The SMILES string of the molecule is Cc1nc(C2CC2)oc1C(=O)NC1CCCN(c2cccnn2)C1. The predicted molar refractivity (Wildman–Crippen MR) is 87.9 cm³/mol. The quantitative estimate of drug-likeness (QED) is 0.925. The molecule has 1 atom stereocenters. The topological polar surface area (TPSA) is 84.2 Å². The average Bonchev–Trinajstić information content (AvgIpc) is 3.38. The van der Waals surface area contributed by atoms with Gasteiger partial charge in [-0.1, -0.05) is 0 Å². The van der Waals surface area contributed by atoms with Crippen LogP contribution in [0.4, 0.5) is 5.82 Å². The van der Waals surface area contributed by atoms with Crippen LogP contribution in [0.5, 0.6) is 0 Å². The van der Waals surface area contributed by atoms with Gasteiger partial charge in [0.05, 0.1) is 5.69 Å². The van der Waals surface area contributed by atoms with Gasteiger partial charge >= 0.3 is 0 Å². The van der Waals surface area contributed by atoms with Crippen LogP contribution in [0.25, 0.3) is 0 Å². The van der Waals surface area contributed by atoms with Gasteiger partial charge in [0, 0.05) is 31.2 Å². The van der Waals surface area contributed by atoms with E-state index < -0.39 is 0 Å². The van der Waals surface area contributed by atoms with Gasteiger partial charge in [0.2, 0.25) is 5.76 Å². The molecule has 2 aliphatic rings. The summed E-state index contributed by atoms with van der Waals surface area (Å²) in [5.74, 6) is 2.16. The summed E-state index contributed by atoms with van der Waals surface area (Å²) in [5, 5.41) is 11.2. The number of amides is 1. The summed E-state index contributed by atoms with van der Waals surface area (Å²) >= 11 is 0. The maximum Gasteiger partial charge on any atom is 0.289 e. The Morgan fingerprint density at radius 1 is 1.38 bits per heavy atom. The molecule has 126 valence electrons. The number of carbonyl (C=O) groups excluding carboxylic acids is 1. The molecule has 0 spiro atoms. The molecule has 7 heteroatoms. The number of anilines is 1. The summed E-state index contributed by atoms with van der Waals surface area (Å²) in [5.41, 5.74) is 0.677. The molecule has 24 heavy (non-hydrogen) atoms. The lowest BCUT2D eigenvalue weighted by Crippen LogP contribution is -2.48. The number of hydrogen-bond donors (Lipinski definition) is 1. The van der Waals surface area contributed by atoms with Gasteiger partial charge in [-0.05, 0) is 44.7 Å². The Labute approximate surface area is 140 Å². The first kappa shape index (κ1) is 15.1. The fourth-order valence-electron chi connectivity index (χ4n) is 3.15. The van der Waals surface area contributed by atoms with E-state index in [1.54, 1.807) is 6.20 Å². The second-order valence-electron chi connectivity index (χ2n) is 6.58. The van der Waals surface area contributed by atoms with E-state index in [1.807, 2.05) is 19.1 Å². The number of nitrogens with zero attached hydrogens (tertiary/aromatic N) is 4. The third-order valence-corrected chi connectivity index (χ3v) is 4.58. The Balaban J connectivity index is 1.42. The molecule has 0 radical (unpaired) electrons. The summed E-state index contributed by atoms with van der Waals surface area (Å²) in [6.45, 7) is 3.49. The zero-order chi connectivity index (χ0) is 16.5. The van der Waals surface area contributed by atoms with Crippen molar-refractivity contribution >= 4 is 11.7 Å². The van der Waals surface area contributed by atoms with Crippen LogP contribution in [0, 0.1) is 6.92 Å². The van der Waals surface area contributed by atoms with E-state index in [4.69, 9.17) is 4.42 Å². The third kappa shape index (κ3) is 3.11. The van der Waals surface area contributed by atoms with Crippen LogP contribution < -0.4 is 10.2 Å². The fourth-order valence-corrected chi connectivity index (χ4v) is 3.15. The van der Waals surface area contributed by atoms with Gasteiger partial charge < -0.3 is 14.6 Å². The predicted octanol–water partition coefficient (Wildman–Crippen LogP) is 2.05. The molecular formula is C17H21N5O2. The van der Waals surface area contributed by atoms with Gasteiger partial charge in [0.1, 0.15) is 0 Å². The highest BCUT2D eigenvalue weighted by Crippen LogP contribution is 2.40. The van der Waals surface area contributed by atoms with Crippen molar-refractivity contribution in [3.05, 3.63) is 35.7 Å². The first-order chi connectivity index (χ1) is 11.7. The van der Waals surface area contributed by atoms with Crippen molar-refractivity contribution in [2.24, 2.45) is 0 Å². The lowest BCUT2D eigenvalue weighted by molar-refractivity contribution is 0.0902. The molecule has 1 saturated carbocycles. The van der Waals surface area contributed by atoms with Crippen LogP contribution in [0.3, 0.4) is 0 Å². The minimum Gasteiger partial charge on any atom is -0.435 e. The molecule has 1 aliphatic carbocycles. The molecule has 2 aromatic rings. The van der Waals surface area contributed by atoms with Gasteiger partial charge in [0.15, 0.2) is 11.7 Å². The van der Waals surface area contributed by atoms with E-state index >= 15 is 0 Å². The van der Waals surface area contributed by atoms with Gasteiger partial charge in [-0.25, -0.2) is 4.98 Å². The minimum atomic E-state index is -0.169. The third-order valence-electron chi connectivity index (χ3n) is 4.58. The molecule has 1 unspecified atom stereocenters. The van der Waals surface area contributed by atoms with E-state index in [0.717, 1.165) is 44.6 Å². The van der Waals surface area contributed by atoms with E-state index in [1.165, 1.54) is 0 Å². The van der Waals surface area contributed by atoms with Crippen LogP contribution in [0.1, 0.15) is 53.7 Å². The molecule has 7 nitrogen and oxygen atoms in total. The maximum atomic E-state index is 12.5. The van der Waals surface area contributed by atoms with Gasteiger partial charge in [-0.2, -0.15) is 5.10 Å². The highest BCUT2D eigenvalue weighted by Gasteiger charge is 2.31. The second-order valence-corrected chi connectivity index (χ2v) is 6.58. The molecule has 1 amide bonds. The number of oxazole rings is 1. The number of nitrogens with one attached hydrogen (secondary N) is 1. The summed E-state index contributed by atoms with van der Waals surface area (Å²) in [4.78, 5) is 19.1. The number of piperidine rings is 1. The van der Waals surface area contributed by atoms with Crippen molar-refractivity contribution in [3.8, 4) is 0 Å². The molecule has 1 saturated heterocycles. The van der Waals surface area contributed by atoms with E-state index in [2.05, 4.69) is 25.4 Å². The summed E-state index contributed by atoms with van der Waals surface area (Å²) in [6, 6.07) is 3.89. The van der Waals surface area contributed by atoms with Crippen LogP contribution >= 0.6 is 0 Å². The average molecular weight is 327 g/mol. The molecule has 4 rings (SSSR count). The van der Waals surface area contributed by atoms with Crippen molar-refractivity contribution in [3.63, 3.8) is 0 Å². The number of aromatic nitrogens is 3. The molecule has 2 aromatic heterocycles. The first-order valence-electron chi connectivity index (χ1n) is 8.51. The highest BCUT2D eigenvalue weighted by molar-refractivity contribution is 5.92. The number of carbonyl (C=O) groups is 1. The number of hydrogen-bond acceptors (Lipinski definition) is 6. The molecular weight excluding hydrogens is 306 g/mol. The molecule has 3 heterocycles. The largest absolute Gasteiger partial charge is 0.435 e. The zero-order valence-corrected chi connectivity index (χ0v) is 13.7. The minimum absolute atomic E-state index is 0.0714. The smallest absolute Gasteiger partial charge is 0.289 e. The Hall–Kier alpha value is -2.44. The van der Waals surface area contributed by atoms with E-state index in [9.17, 15) is 4.79 Å². The fraction of sp³-hybridized carbons (Fsp3) is 0.529. The lowest BCUT2D eigenvalue weighted by Gasteiger charge is -2.33. The lowest BCUT2D eigenvalue weighted by atomic mass is 10.1. The van der Waals surface area contributed by atoms with Crippen LogP contribution in [0.2, 0.25) is 0 Å². The Bertz CT molecular complexity index is 726. The second kappa shape index (κ2) is 6.22. The van der Waals surface area contributed by atoms with Crippen molar-refractivity contribution in [1.82, 2.24) is 20.5 Å². The normalized spacial score (nSPS) is 20.9. The van der Waals surface area contributed by atoms with Crippen molar-refractivity contribution in [1.29, 1.82) is 0 Å². The number of rotatable bonds is 4. The van der Waals surface area contributed by atoms with Gasteiger partial charge in [0.25, 0.3) is 5.91 Å². The molecule has 1 N–H and O–H groups in total. The number of aryl methyl sites for hydroxylation is 1. The Morgan fingerprint density at radius 2 is 2.25 bits per heavy atom. The highest BCUT2D eigenvalue weighted by atomic mass is 16.4. The van der Waals surface area contributed by atoms with Gasteiger partial charge in [-0.15, -0.1) is 5.10 Å². The Kier molecular flexibility index (Phi) is 3.92. The van der Waals surface area contributed by atoms with Gasteiger partial charge in [-0.3, -0.25) is 4.79 Å². The van der Waals surface area contributed by atoms with Crippen LogP contribution in [-0.4, -0.2) is 40.2 Å². The van der Waals surface area contributed by atoms with E-state index in [0.29, 0.717) is 23.3 Å². The zero-order valence-electron chi connectivity index (χ0n) is 13.7. The maximum absolute atomic E-state index is 12.5. The molecule has 0 aromatic carbocycles. The monoisotopic (exact) mass is 327 g/mol.